The number of nitrogens with zero attached hydrogens (tertiary/aromatic N) is 2. The van der Waals surface area contributed by atoms with Crippen LogP contribution in [0.2, 0.25) is 0 Å². The third-order valence-electron chi connectivity index (χ3n) is 3.69. The van der Waals surface area contributed by atoms with Gasteiger partial charge in [-0.25, -0.2) is 4.98 Å². The summed E-state index contributed by atoms with van der Waals surface area (Å²) in [5.74, 6) is 1.85. The van der Waals surface area contributed by atoms with Crippen LogP contribution in [0.15, 0.2) is 18.3 Å². The Labute approximate surface area is 103 Å². The Bertz CT molecular complexity index is 361. The number of aliphatic hydroxyl groups excluding tert-OH is 1. The molecule has 1 aliphatic rings. The van der Waals surface area contributed by atoms with Crippen molar-refractivity contribution in [1.82, 2.24) is 4.98 Å². The van der Waals surface area contributed by atoms with Crippen LogP contribution in [0.1, 0.15) is 45.3 Å². The normalized spacial score (nSPS) is 26.9. The number of rotatable bonds is 2. The van der Waals surface area contributed by atoms with Gasteiger partial charge in [-0.1, -0.05) is 13.0 Å². The van der Waals surface area contributed by atoms with Crippen LogP contribution < -0.4 is 4.90 Å². The molecule has 3 nitrogen and oxygen atoms in total. The molecule has 1 aromatic rings. The van der Waals surface area contributed by atoms with Crippen molar-refractivity contribution in [3.05, 3.63) is 23.9 Å². The fourth-order valence-corrected chi connectivity index (χ4v) is 2.56. The molecular formula is C14H22N2O. The molecule has 0 radical (unpaired) electrons. The average Bonchev–Trinajstić information content (AvgIpc) is 2.29. The molecule has 3 heteroatoms. The molecule has 3 atom stereocenters. The highest BCUT2D eigenvalue weighted by molar-refractivity contribution is 5.41. The number of aromatic nitrogens is 1. The van der Waals surface area contributed by atoms with E-state index in [0.29, 0.717) is 6.04 Å². The first-order chi connectivity index (χ1) is 8.08. The summed E-state index contributed by atoms with van der Waals surface area (Å²) in [7, 11) is 0. The molecule has 0 spiro atoms. The lowest BCUT2D eigenvalue weighted by atomic mass is 9.93. The zero-order valence-electron chi connectivity index (χ0n) is 10.9. The Morgan fingerprint density at radius 1 is 1.41 bits per heavy atom. The predicted molar refractivity (Wildman–Crippen MR) is 70.1 cm³/mol. The zero-order valence-corrected chi connectivity index (χ0v) is 10.9. The molecule has 1 saturated heterocycles. The first-order valence-electron chi connectivity index (χ1n) is 6.48. The van der Waals surface area contributed by atoms with Crippen LogP contribution in [0.3, 0.4) is 0 Å². The fourth-order valence-electron chi connectivity index (χ4n) is 2.56. The van der Waals surface area contributed by atoms with Gasteiger partial charge in [0.25, 0.3) is 0 Å². The third kappa shape index (κ3) is 2.78. The highest BCUT2D eigenvalue weighted by Crippen LogP contribution is 2.26. The van der Waals surface area contributed by atoms with Crippen LogP contribution in [-0.4, -0.2) is 22.7 Å². The maximum absolute atomic E-state index is 9.46. The van der Waals surface area contributed by atoms with Crippen molar-refractivity contribution in [1.29, 1.82) is 0 Å². The quantitative estimate of drug-likeness (QED) is 0.854. The summed E-state index contributed by atoms with van der Waals surface area (Å²) in [6, 6.07) is 4.55. The van der Waals surface area contributed by atoms with Gasteiger partial charge in [-0.2, -0.15) is 0 Å². The fraction of sp³-hybridized carbons (Fsp3) is 0.643. The third-order valence-corrected chi connectivity index (χ3v) is 3.69. The zero-order chi connectivity index (χ0) is 12.4. The number of hydrogen-bond donors (Lipinski definition) is 1. The topological polar surface area (TPSA) is 36.4 Å². The molecule has 0 aliphatic carbocycles. The van der Waals surface area contributed by atoms with Crippen LogP contribution in [-0.2, 0) is 0 Å². The Morgan fingerprint density at radius 3 is 2.71 bits per heavy atom. The van der Waals surface area contributed by atoms with E-state index in [1.807, 2.05) is 12.1 Å². The summed E-state index contributed by atoms with van der Waals surface area (Å²) in [5.41, 5.74) is 0.881. The summed E-state index contributed by atoms with van der Waals surface area (Å²) >= 11 is 0. The summed E-state index contributed by atoms with van der Waals surface area (Å²) in [6.45, 7) is 7.43. The van der Waals surface area contributed by atoms with Gasteiger partial charge in [-0.3, -0.25) is 0 Å². The van der Waals surface area contributed by atoms with E-state index < -0.39 is 6.10 Å². The minimum atomic E-state index is -0.435. The maximum atomic E-state index is 9.46. The van der Waals surface area contributed by atoms with Gasteiger partial charge >= 0.3 is 0 Å². The second kappa shape index (κ2) is 5.05. The molecular weight excluding hydrogens is 212 g/mol. The molecule has 2 heterocycles. The van der Waals surface area contributed by atoms with E-state index in [4.69, 9.17) is 0 Å². The molecule has 17 heavy (non-hydrogen) atoms. The molecule has 94 valence electrons. The summed E-state index contributed by atoms with van der Waals surface area (Å²) in [5, 5.41) is 9.46. The van der Waals surface area contributed by atoms with Gasteiger partial charge in [-0.05, 0) is 44.2 Å². The number of piperidine rings is 1. The van der Waals surface area contributed by atoms with Crippen molar-refractivity contribution in [3.63, 3.8) is 0 Å². The standard InChI is InChI=1S/C14H22N2O/c1-10-6-7-16(11(2)8-10)14-5-4-13(9-15-14)12(3)17/h4-5,9-12,17H,6-8H2,1-3H3/t10?,11?,12-/m0/s1. The van der Waals surface area contributed by atoms with Gasteiger partial charge in [0.1, 0.15) is 5.82 Å². The molecule has 0 bridgehead atoms. The molecule has 1 aromatic heterocycles. The second-order valence-electron chi connectivity index (χ2n) is 5.30. The lowest BCUT2D eigenvalue weighted by Gasteiger charge is -2.37. The van der Waals surface area contributed by atoms with Gasteiger partial charge in [0.2, 0.25) is 0 Å². The van der Waals surface area contributed by atoms with Crippen molar-refractivity contribution in [2.24, 2.45) is 5.92 Å². The van der Waals surface area contributed by atoms with Gasteiger partial charge in [0.05, 0.1) is 6.10 Å². The second-order valence-corrected chi connectivity index (χ2v) is 5.30. The smallest absolute Gasteiger partial charge is 0.128 e. The first kappa shape index (κ1) is 12.4. The van der Waals surface area contributed by atoms with Gasteiger partial charge in [0.15, 0.2) is 0 Å². The van der Waals surface area contributed by atoms with Crippen LogP contribution in [0.4, 0.5) is 5.82 Å². The Kier molecular flexibility index (Phi) is 3.67. The van der Waals surface area contributed by atoms with E-state index in [9.17, 15) is 5.11 Å². The van der Waals surface area contributed by atoms with E-state index in [1.165, 1.54) is 12.8 Å². The number of pyridine rings is 1. The van der Waals surface area contributed by atoms with E-state index >= 15 is 0 Å². The van der Waals surface area contributed by atoms with E-state index in [-0.39, 0.29) is 0 Å². The Morgan fingerprint density at radius 2 is 2.18 bits per heavy atom. The Hall–Kier alpha value is -1.09. The van der Waals surface area contributed by atoms with Gasteiger partial charge in [0, 0.05) is 18.8 Å². The molecule has 2 unspecified atom stereocenters. The van der Waals surface area contributed by atoms with Crippen LogP contribution >= 0.6 is 0 Å². The molecule has 0 amide bonds. The Balaban J connectivity index is 2.11. The van der Waals surface area contributed by atoms with E-state index in [0.717, 1.165) is 23.8 Å². The van der Waals surface area contributed by atoms with Crippen molar-refractivity contribution in [3.8, 4) is 0 Å². The highest BCUT2D eigenvalue weighted by Gasteiger charge is 2.23. The number of anilines is 1. The largest absolute Gasteiger partial charge is 0.389 e. The number of aliphatic hydroxyl groups is 1. The van der Waals surface area contributed by atoms with E-state index in [2.05, 4.69) is 23.7 Å². The van der Waals surface area contributed by atoms with Crippen molar-refractivity contribution >= 4 is 5.82 Å². The molecule has 1 fully saturated rings. The summed E-state index contributed by atoms with van der Waals surface area (Å²) in [4.78, 5) is 6.83. The molecule has 1 N–H and O–H groups in total. The van der Waals surface area contributed by atoms with Crippen LogP contribution in [0.25, 0.3) is 0 Å². The van der Waals surface area contributed by atoms with Gasteiger partial charge in [-0.15, -0.1) is 0 Å². The highest BCUT2D eigenvalue weighted by atomic mass is 16.3. The lowest BCUT2D eigenvalue weighted by Crippen LogP contribution is -2.40. The van der Waals surface area contributed by atoms with Gasteiger partial charge < -0.3 is 10.0 Å². The summed E-state index contributed by atoms with van der Waals surface area (Å²) in [6.07, 6.45) is 3.82. The lowest BCUT2D eigenvalue weighted by molar-refractivity contribution is 0.199. The number of hydrogen-bond acceptors (Lipinski definition) is 3. The molecule has 1 aliphatic heterocycles. The maximum Gasteiger partial charge on any atom is 0.128 e. The van der Waals surface area contributed by atoms with E-state index in [1.54, 1.807) is 13.1 Å². The van der Waals surface area contributed by atoms with Crippen LogP contribution in [0.5, 0.6) is 0 Å². The molecule has 0 saturated carbocycles. The van der Waals surface area contributed by atoms with Crippen molar-refractivity contribution in [2.75, 3.05) is 11.4 Å². The minimum Gasteiger partial charge on any atom is -0.389 e. The first-order valence-corrected chi connectivity index (χ1v) is 6.48. The minimum absolute atomic E-state index is 0.435. The van der Waals surface area contributed by atoms with Crippen molar-refractivity contribution < 1.29 is 5.11 Å². The summed E-state index contributed by atoms with van der Waals surface area (Å²) < 4.78 is 0. The SMILES string of the molecule is CC1CCN(c2ccc([C@H](C)O)cn2)C(C)C1. The van der Waals surface area contributed by atoms with Crippen molar-refractivity contribution in [2.45, 2.75) is 45.8 Å². The molecule has 2 rings (SSSR count). The average molecular weight is 234 g/mol. The predicted octanol–water partition coefficient (Wildman–Crippen LogP) is 2.76. The molecule has 0 aromatic carbocycles. The van der Waals surface area contributed by atoms with Crippen LogP contribution in [0, 0.1) is 5.92 Å². The monoisotopic (exact) mass is 234 g/mol.